The number of hydrogen-bond acceptors (Lipinski definition) is 15. The monoisotopic (exact) mass is 613 g/mol. The number of rotatable bonds is 8. The van der Waals surface area contributed by atoms with E-state index in [2.05, 4.69) is 42.2 Å². The Morgan fingerprint density at radius 3 is 2.51 bits per heavy atom. The molecule has 6 rings (SSSR count). The first-order chi connectivity index (χ1) is 19.6. The fourth-order valence-electron chi connectivity index (χ4n) is 4.82. The summed E-state index contributed by atoms with van der Waals surface area (Å²) < 4.78 is 38.5. The lowest BCUT2D eigenvalue weighted by Gasteiger charge is -2.24. The SMILES string of the molecule is Nc1nc2c(ncn2[C@@H]2O[C@H](CO)C[C@H]2O[P@](=O)(S)OC[C@H]2O[C@@H](n3cnc4c(=O)[nH]cnc43)[C@H](O)[C@@H]2O)c(=O)[nH]1. The van der Waals surface area contributed by atoms with E-state index in [1.807, 2.05) is 0 Å². The lowest BCUT2D eigenvalue weighted by molar-refractivity contribution is -0.0550. The third kappa shape index (κ3) is 5.07. The van der Waals surface area contributed by atoms with Gasteiger partial charge in [-0.05, 0) is 0 Å². The molecule has 4 aromatic rings. The van der Waals surface area contributed by atoms with Gasteiger partial charge in [0, 0.05) is 6.42 Å². The average Bonchev–Trinajstić information content (AvgIpc) is 3.69. The smallest absolute Gasteiger partial charge is 0.386 e. The third-order valence-corrected chi connectivity index (χ3v) is 8.36. The summed E-state index contributed by atoms with van der Waals surface area (Å²) in [5.74, 6) is -0.163. The summed E-state index contributed by atoms with van der Waals surface area (Å²) in [6.45, 7) is -5.09. The van der Waals surface area contributed by atoms with Gasteiger partial charge in [-0.25, -0.2) is 19.5 Å². The summed E-state index contributed by atoms with van der Waals surface area (Å²) in [5.41, 5.74) is 4.76. The molecule has 4 aromatic heterocycles. The topological polar surface area (TPSA) is 268 Å². The summed E-state index contributed by atoms with van der Waals surface area (Å²) in [7, 11) is 0. The van der Waals surface area contributed by atoms with E-state index in [4.69, 9.17) is 24.3 Å². The van der Waals surface area contributed by atoms with Crippen molar-refractivity contribution in [3.8, 4) is 0 Å². The van der Waals surface area contributed by atoms with Crippen molar-refractivity contribution in [1.29, 1.82) is 0 Å². The molecule has 21 heteroatoms. The maximum atomic E-state index is 13.2. The Bertz CT molecular complexity index is 1760. The van der Waals surface area contributed by atoms with Crippen molar-refractivity contribution in [3.05, 3.63) is 39.7 Å². The molecule has 2 saturated heterocycles. The minimum atomic E-state index is -4.19. The highest BCUT2D eigenvalue weighted by Gasteiger charge is 2.46. The van der Waals surface area contributed by atoms with Crippen LogP contribution in [-0.2, 0) is 23.1 Å². The van der Waals surface area contributed by atoms with Crippen molar-refractivity contribution in [1.82, 2.24) is 39.0 Å². The minimum Gasteiger partial charge on any atom is -0.394 e. The number of anilines is 1. The number of aliphatic hydroxyl groups excluding tert-OH is 3. The van der Waals surface area contributed by atoms with Crippen LogP contribution in [-0.4, -0.2) is 98.1 Å². The average molecular weight is 614 g/mol. The normalized spacial score (nSPS) is 29.9. The van der Waals surface area contributed by atoms with Crippen LogP contribution in [0.5, 0.6) is 0 Å². The minimum absolute atomic E-state index is 0.00781. The molecule has 7 N–H and O–H groups in total. The zero-order valence-electron chi connectivity index (χ0n) is 20.7. The molecule has 0 unspecified atom stereocenters. The van der Waals surface area contributed by atoms with Crippen LogP contribution in [0.3, 0.4) is 0 Å². The van der Waals surface area contributed by atoms with E-state index in [1.165, 1.54) is 21.8 Å². The first-order valence-corrected chi connectivity index (χ1v) is 14.8. The molecule has 2 fully saturated rings. The van der Waals surface area contributed by atoms with Crippen molar-refractivity contribution >= 4 is 47.3 Å². The number of nitrogens with zero attached hydrogens (tertiary/aromatic N) is 6. The second-order valence-corrected chi connectivity index (χ2v) is 12.2. The number of fused-ring (bicyclic) bond motifs is 2. The molecule has 19 nitrogen and oxygen atoms in total. The van der Waals surface area contributed by atoms with E-state index in [0.717, 1.165) is 6.33 Å². The Labute approximate surface area is 233 Å². The highest BCUT2D eigenvalue weighted by molar-refractivity contribution is 8.44. The number of thiol groups is 1. The Morgan fingerprint density at radius 1 is 1.07 bits per heavy atom. The Morgan fingerprint density at radius 2 is 1.78 bits per heavy atom. The molecule has 0 amide bonds. The lowest BCUT2D eigenvalue weighted by Crippen LogP contribution is -2.33. The van der Waals surface area contributed by atoms with Crippen LogP contribution in [0.4, 0.5) is 5.95 Å². The molecule has 0 aromatic carbocycles. The van der Waals surface area contributed by atoms with Crippen LogP contribution in [0.25, 0.3) is 22.3 Å². The van der Waals surface area contributed by atoms with Crippen LogP contribution in [0.1, 0.15) is 18.9 Å². The molecule has 2 aliphatic heterocycles. The molecule has 0 aliphatic carbocycles. The molecule has 6 heterocycles. The predicted molar refractivity (Wildman–Crippen MR) is 140 cm³/mol. The van der Waals surface area contributed by atoms with Crippen LogP contribution in [0.15, 0.2) is 28.6 Å². The number of nitrogens with two attached hydrogens (primary N) is 1. The quantitative estimate of drug-likeness (QED) is 0.0851. The van der Waals surface area contributed by atoms with Gasteiger partial charge in [0.25, 0.3) is 11.1 Å². The molecule has 8 atom stereocenters. The van der Waals surface area contributed by atoms with Crippen LogP contribution in [0.2, 0.25) is 0 Å². The Balaban J connectivity index is 1.17. The predicted octanol–water partition coefficient (Wildman–Crippen LogP) is -1.83. The van der Waals surface area contributed by atoms with Crippen molar-refractivity contribution in [2.45, 2.75) is 49.4 Å². The zero-order valence-corrected chi connectivity index (χ0v) is 22.5. The van der Waals surface area contributed by atoms with E-state index in [-0.39, 0.29) is 41.3 Å². The van der Waals surface area contributed by atoms with Crippen LogP contribution < -0.4 is 16.9 Å². The summed E-state index contributed by atoms with van der Waals surface area (Å²) in [6.07, 6.45) is -4.38. The van der Waals surface area contributed by atoms with Gasteiger partial charge < -0.3 is 35.5 Å². The van der Waals surface area contributed by atoms with Gasteiger partial charge in [-0.3, -0.25) is 32.8 Å². The van der Waals surface area contributed by atoms with E-state index in [0.29, 0.717) is 0 Å². The summed E-state index contributed by atoms with van der Waals surface area (Å²) in [6, 6.07) is 0. The molecular weight excluding hydrogens is 589 g/mol. The van der Waals surface area contributed by atoms with E-state index >= 15 is 0 Å². The van der Waals surface area contributed by atoms with Gasteiger partial charge >= 0.3 is 6.80 Å². The fourth-order valence-corrected chi connectivity index (χ4v) is 6.31. The maximum absolute atomic E-state index is 13.2. The molecule has 0 radical (unpaired) electrons. The number of aliphatic hydroxyl groups is 3. The van der Waals surface area contributed by atoms with Gasteiger partial charge in [-0.15, -0.1) is 0 Å². The molecule has 2 aliphatic rings. The number of nitrogen functional groups attached to an aromatic ring is 1. The first kappa shape index (κ1) is 27.9. The Hall–Kier alpha value is -3.20. The maximum Gasteiger partial charge on any atom is 0.386 e. The second-order valence-electron chi connectivity index (χ2n) is 9.35. The second kappa shape index (κ2) is 10.6. The number of aromatic nitrogens is 8. The van der Waals surface area contributed by atoms with E-state index < -0.39 is 67.5 Å². The summed E-state index contributed by atoms with van der Waals surface area (Å²) in [4.78, 5) is 45.0. The van der Waals surface area contributed by atoms with Crippen molar-refractivity contribution in [2.75, 3.05) is 18.9 Å². The van der Waals surface area contributed by atoms with Crippen molar-refractivity contribution < 1.29 is 38.4 Å². The standard InChI is InChI=1S/C20H24N9O10PS/c21-20-26-15-11(17(34)27-20)25-6-29(15)18-8(1-7(2-30)37-18)39-40(35,41)36-3-9-12(31)13(32)19(38-9)28-5-24-10-14(28)22-4-23-16(10)33/h4-9,12-13,18-19,30-32H,1-3H2,(H,35,41)(H,22,23,33)(H3,21,26,27,34)/t7-,8+,9+,12+,13+,18+,19+,40+/m0/s1. The number of nitrogens with one attached hydrogen (secondary N) is 2. The molecule has 0 bridgehead atoms. The van der Waals surface area contributed by atoms with Crippen LogP contribution >= 0.6 is 19.0 Å². The highest BCUT2D eigenvalue weighted by Crippen LogP contribution is 2.57. The van der Waals surface area contributed by atoms with E-state index in [1.54, 1.807) is 0 Å². The summed E-state index contributed by atoms with van der Waals surface area (Å²) in [5, 5.41) is 30.9. The van der Waals surface area contributed by atoms with Crippen LogP contribution in [0, 0.1) is 0 Å². The number of ether oxygens (including phenoxy) is 2. The molecular formula is C20H24N9O10PS. The third-order valence-electron chi connectivity index (χ3n) is 6.72. The zero-order chi connectivity index (χ0) is 29.1. The molecule has 0 spiro atoms. The van der Waals surface area contributed by atoms with Gasteiger partial charge in [0.2, 0.25) is 5.95 Å². The van der Waals surface area contributed by atoms with Gasteiger partial charge in [0.1, 0.15) is 24.4 Å². The summed E-state index contributed by atoms with van der Waals surface area (Å²) >= 11 is 4.05. The lowest BCUT2D eigenvalue weighted by atomic mass is 10.1. The molecule has 0 saturated carbocycles. The number of H-pyrrole nitrogens is 2. The fraction of sp³-hybridized carbons (Fsp3) is 0.500. The number of hydrogen-bond donors (Lipinski definition) is 7. The molecule has 220 valence electrons. The van der Waals surface area contributed by atoms with E-state index in [9.17, 15) is 29.5 Å². The van der Waals surface area contributed by atoms with Crippen molar-refractivity contribution in [2.24, 2.45) is 0 Å². The molecule has 41 heavy (non-hydrogen) atoms. The van der Waals surface area contributed by atoms with Gasteiger partial charge in [-0.2, -0.15) is 4.98 Å². The highest BCUT2D eigenvalue weighted by atomic mass is 32.7. The van der Waals surface area contributed by atoms with Gasteiger partial charge in [-0.1, -0.05) is 12.2 Å². The Kier molecular flexibility index (Phi) is 7.20. The van der Waals surface area contributed by atoms with Gasteiger partial charge in [0.15, 0.2) is 34.8 Å². The first-order valence-electron chi connectivity index (χ1n) is 12.1. The van der Waals surface area contributed by atoms with Gasteiger partial charge in [0.05, 0.1) is 38.3 Å². The number of imidazole rings is 2. The largest absolute Gasteiger partial charge is 0.394 e. The van der Waals surface area contributed by atoms with Crippen molar-refractivity contribution in [3.63, 3.8) is 0 Å². The number of aromatic amines is 2.